The van der Waals surface area contributed by atoms with E-state index in [1.165, 1.54) is 31.2 Å². The Balaban J connectivity index is 2.23. The minimum atomic E-state index is -0.472. The van der Waals surface area contributed by atoms with E-state index in [0.29, 0.717) is 5.92 Å². The molecule has 0 N–H and O–H groups in total. The van der Waals surface area contributed by atoms with Crippen LogP contribution in [0.25, 0.3) is 0 Å². The minimum Gasteiger partial charge on any atom is -0.337 e. The molecule has 0 fully saturated rings. The monoisotopic (exact) mass is 355 g/mol. The van der Waals surface area contributed by atoms with Gasteiger partial charge >= 0.3 is 0 Å². The number of benzene rings is 2. The fourth-order valence-corrected chi connectivity index (χ4v) is 4.01. The average molecular weight is 356 g/mol. The molecule has 0 aromatic heterocycles. The van der Waals surface area contributed by atoms with Gasteiger partial charge in [0.2, 0.25) is 0 Å². The van der Waals surface area contributed by atoms with E-state index in [0.717, 1.165) is 18.0 Å². The van der Waals surface area contributed by atoms with Gasteiger partial charge in [0.1, 0.15) is 0 Å². The van der Waals surface area contributed by atoms with E-state index in [-0.39, 0.29) is 6.04 Å². The Morgan fingerprint density at radius 1 is 0.846 bits per heavy atom. The number of halogens is 1. The second kappa shape index (κ2) is 11.0. The number of para-hydroxylation sites is 1. The number of hydrogen-bond acceptors (Lipinski definition) is 1. The van der Waals surface area contributed by atoms with Gasteiger partial charge in [-0.15, -0.1) is 0 Å². The normalized spacial score (nSPS) is 14.6. The first-order chi connectivity index (χ1) is 12.7. The molecule has 0 aliphatic heterocycles. The van der Waals surface area contributed by atoms with Crippen LogP contribution in [-0.2, 0) is 0 Å². The van der Waals surface area contributed by atoms with Crippen LogP contribution in [-0.4, -0.2) is 6.80 Å². The van der Waals surface area contributed by atoms with Crippen molar-refractivity contribution in [2.75, 3.05) is 11.7 Å². The zero-order valence-corrected chi connectivity index (χ0v) is 16.6. The third kappa shape index (κ3) is 5.59. The largest absolute Gasteiger partial charge is 0.337 e. The number of rotatable bonds is 11. The van der Waals surface area contributed by atoms with Crippen molar-refractivity contribution in [3.63, 3.8) is 0 Å². The van der Waals surface area contributed by atoms with Crippen LogP contribution in [0.4, 0.5) is 10.1 Å². The number of anilines is 1. The molecular weight excluding hydrogens is 321 g/mol. The summed E-state index contributed by atoms with van der Waals surface area (Å²) < 4.78 is 14.2. The Kier molecular flexibility index (Phi) is 8.67. The summed E-state index contributed by atoms with van der Waals surface area (Å²) in [7, 11) is 0. The maximum atomic E-state index is 14.2. The fourth-order valence-electron chi connectivity index (χ4n) is 4.01. The second-order valence-corrected chi connectivity index (χ2v) is 7.40. The van der Waals surface area contributed by atoms with Gasteiger partial charge in [-0.1, -0.05) is 95.0 Å². The topological polar surface area (TPSA) is 3.24 Å². The molecule has 1 nitrogen and oxygen atoms in total. The Hall–Kier alpha value is -1.83. The van der Waals surface area contributed by atoms with E-state index in [2.05, 4.69) is 45.0 Å². The zero-order valence-electron chi connectivity index (χ0n) is 16.6. The number of nitrogens with zero attached hydrogens (tertiary/aromatic N) is 1. The Labute approximate surface area is 159 Å². The van der Waals surface area contributed by atoms with E-state index in [9.17, 15) is 4.39 Å². The van der Waals surface area contributed by atoms with Gasteiger partial charge in [0.15, 0.2) is 6.80 Å². The molecule has 0 spiro atoms. The first kappa shape index (κ1) is 20.5. The fraction of sp³-hybridized carbons (Fsp3) is 0.500. The second-order valence-electron chi connectivity index (χ2n) is 7.40. The van der Waals surface area contributed by atoms with Gasteiger partial charge in [0.25, 0.3) is 0 Å². The van der Waals surface area contributed by atoms with Gasteiger partial charge < -0.3 is 4.90 Å². The van der Waals surface area contributed by atoms with Crippen molar-refractivity contribution in [3.05, 3.63) is 66.2 Å². The molecule has 0 saturated heterocycles. The molecule has 0 bridgehead atoms. The molecule has 0 heterocycles. The van der Waals surface area contributed by atoms with E-state index in [4.69, 9.17) is 0 Å². The number of alkyl halides is 1. The lowest BCUT2D eigenvalue weighted by atomic mass is 9.85. The molecule has 2 rings (SSSR count). The van der Waals surface area contributed by atoms with Crippen LogP contribution in [0.15, 0.2) is 60.7 Å². The van der Waals surface area contributed by atoms with Crippen LogP contribution in [0, 0.1) is 11.8 Å². The summed E-state index contributed by atoms with van der Waals surface area (Å²) in [5.41, 5.74) is 2.15. The first-order valence-corrected chi connectivity index (χ1v) is 10.1. The van der Waals surface area contributed by atoms with E-state index in [1.807, 2.05) is 41.3 Å². The molecule has 2 aromatic carbocycles. The summed E-state index contributed by atoms with van der Waals surface area (Å²) in [6.07, 6.45) is 6.13. The van der Waals surface area contributed by atoms with Gasteiger partial charge in [-0.2, -0.15) is 0 Å². The van der Waals surface area contributed by atoms with Crippen LogP contribution >= 0.6 is 0 Å². The van der Waals surface area contributed by atoms with Crippen molar-refractivity contribution in [1.29, 1.82) is 0 Å². The SMILES string of the molecule is CCCC(CC)CCC(C)C(c1ccccc1)N(CF)c1ccccc1. The Morgan fingerprint density at radius 3 is 2.00 bits per heavy atom. The lowest BCUT2D eigenvalue weighted by molar-refractivity contribution is 0.319. The molecule has 3 unspecified atom stereocenters. The minimum absolute atomic E-state index is 0.0581. The van der Waals surface area contributed by atoms with Crippen molar-refractivity contribution in [3.8, 4) is 0 Å². The molecule has 0 amide bonds. The van der Waals surface area contributed by atoms with E-state index < -0.39 is 6.80 Å². The lowest BCUT2D eigenvalue weighted by Gasteiger charge is -2.36. The van der Waals surface area contributed by atoms with Crippen LogP contribution in [0.1, 0.15) is 64.5 Å². The van der Waals surface area contributed by atoms with Crippen molar-refractivity contribution in [2.45, 2.75) is 58.9 Å². The van der Waals surface area contributed by atoms with Gasteiger partial charge in [-0.3, -0.25) is 0 Å². The van der Waals surface area contributed by atoms with Crippen LogP contribution in [0.5, 0.6) is 0 Å². The standard InChI is InChI=1S/C24H34FN/c1-4-12-21(5-2)18-17-20(3)24(22-13-8-6-9-14-22)26(19-25)23-15-10-7-11-16-23/h6-11,13-16,20-21,24H,4-5,12,17-19H2,1-3H3. The van der Waals surface area contributed by atoms with Gasteiger partial charge in [0, 0.05) is 5.69 Å². The first-order valence-electron chi connectivity index (χ1n) is 10.1. The predicted octanol–water partition coefficient (Wildman–Crippen LogP) is 7.40. The third-order valence-electron chi connectivity index (χ3n) is 5.54. The molecule has 142 valence electrons. The van der Waals surface area contributed by atoms with Crippen molar-refractivity contribution < 1.29 is 4.39 Å². The highest BCUT2D eigenvalue weighted by molar-refractivity contribution is 5.48. The Bertz CT molecular complexity index is 598. The maximum absolute atomic E-state index is 14.2. The average Bonchev–Trinajstić information content (AvgIpc) is 2.70. The van der Waals surface area contributed by atoms with E-state index in [1.54, 1.807) is 0 Å². The summed E-state index contributed by atoms with van der Waals surface area (Å²) in [6, 6.07) is 20.4. The molecule has 3 atom stereocenters. The smallest absolute Gasteiger partial charge is 0.162 e. The molecule has 0 saturated carbocycles. The maximum Gasteiger partial charge on any atom is 0.162 e. The van der Waals surface area contributed by atoms with Crippen LogP contribution in [0.3, 0.4) is 0 Å². The van der Waals surface area contributed by atoms with Gasteiger partial charge in [0.05, 0.1) is 6.04 Å². The van der Waals surface area contributed by atoms with Crippen LogP contribution in [0.2, 0.25) is 0 Å². The quantitative estimate of drug-likeness (QED) is 0.379. The summed E-state index contributed by atoms with van der Waals surface area (Å²) in [5.74, 6) is 1.17. The summed E-state index contributed by atoms with van der Waals surface area (Å²) >= 11 is 0. The molecular formula is C24H34FN. The predicted molar refractivity (Wildman–Crippen MR) is 111 cm³/mol. The summed E-state index contributed by atoms with van der Waals surface area (Å²) in [6.45, 7) is 6.36. The molecule has 26 heavy (non-hydrogen) atoms. The highest BCUT2D eigenvalue weighted by Crippen LogP contribution is 2.36. The Morgan fingerprint density at radius 2 is 1.46 bits per heavy atom. The third-order valence-corrected chi connectivity index (χ3v) is 5.54. The lowest BCUT2D eigenvalue weighted by Crippen LogP contribution is -2.32. The molecule has 0 aliphatic rings. The zero-order chi connectivity index (χ0) is 18.8. The van der Waals surface area contributed by atoms with Gasteiger partial charge in [-0.25, -0.2) is 4.39 Å². The number of hydrogen-bond donors (Lipinski definition) is 0. The van der Waals surface area contributed by atoms with Crippen molar-refractivity contribution >= 4 is 5.69 Å². The van der Waals surface area contributed by atoms with Gasteiger partial charge in [-0.05, 0) is 36.0 Å². The highest BCUT2D eigenvalue weighted by Gasteiger charge is 2.27. The molecule has 0 radical (unpaired) electrons. The molecule has 2 aromatic rings. The summed E-state index contributed by atoms with van der Waals surface area (Å²) in [4.78, 5) is 1.92. The molecule has 2 heteroatoms. The summed E-state index contributed by atoms with van der Waals surface area (Å²) in [5, 5.41) is 0. The van der Waals surface area contributed by atoms with Crippen molar-refractivity contribution in [1.82, 2.24) is 0 Å². The molecule has 0 aliphatic carbocycles. The van der Waals surface area contributed by atoms with E-state index >= 15 is 0 Å². The highest BCUT2D eigenvalue weighted by atomic mass is 19.1. The van der Waals surface area contributed by atoms with Crippen molar-refractivity contribution in [2.24, 2.45) is 11.8 Å². The van der Waals surface area contributed by atoms with Crippen LogP contribution < -0.4 is 4.90 Å².